The summed E-state index contributed by atoms with van der Waals surface area (Å²) in [6.45, 7) is 5.36. The molecule has 0 spiro atoms. The van der Waals surface area contributed by atoms with E-state index in [9.17, 15) is 4.79 Å². The molecule has 0 unspecified atom stereocenters. The van der Waals surface area contributed by atoms with Gasteiger partial charge in [0.05, 0.1) is 31.4 Å². The van der Waals surface area contributed by atoms with Gasteiger partial charge in [0, 0.05) is 25.2 Å². The molecule has 2 aromatic carbocycles. The van der Waals surface area contributed by atoms with E-state index in [1.807, 2.05) is 36.4 Å². The predicted octanol–water partition coefficient (Wildman–Crippen LogP) is 3.36. The number of amides is 1. The smallest absolute Gasteiger partial charge is 0.260 e. The number of methoxy groups -OCH3 is 1. The van der Waals surface area contributed by atoms with Crippen molar-refractivity contribution in [2.24, 2.45) is 0 Å². The maximum Gasteiger partial charge on any atom is 0.260 e. The highest BCUT2D eigenvalue weighted by atomic mass is 16.5. The number of carbonyl (C=O) groups is 1. The van der Waals surface area contributed by atoms with Gasteiger partial charge in [0.25, 0.3) is 5.91 Å². The van der Waals surface area contributed by atoms with Crippen LogP contribution < -0.4 is 9.47 Å². The van der Waals surface area contributed by atoms with E-state index in [4.69, 9.17) is 19.2 Å². The number of carbonyl (C=O) groups excluding carboxylic acids is 1. The molecule has 1 fully saturated rings. The number of hydrogen-bond acceptors (Lipinski definition) is 5. The SMILES string of the molecule is CCCn1c(-c2ccc(OCC(=O)N3CCOCC3)c(OC)c2)nc2ccccc21. The average Bonchev–Trinajstić information content (AvgIpc) is 3.16. The summed E-state index contributed by atoms with van der Waals surface area (Å²) in [4.78, 5) is 19.0. The van der Waals surface area contributed by atoms with Gasteiger partial charge in [-0.1, -0.05) is 19.1 Å². The van der Waals surface area contributed by atoms with Crippen molar-refractivity contribution in [3.05, 3.63) is 42.5 Å². The van der Waals surface area contributed by atoms with E-state index < -0.39 is 0 Å². The molecule has 0 bridgehead atoms. The Balaban J connectivity index is 1.57. The summed E-state index contributed by atoms with van der Waals surface area (Å²) >= 11 is 0. The number of benzene rings is 2. The molecule has 1 aliphatic heterocycles. The Bertz CT molecular complexity index is 1020. The number of nitrogens with zero attached hydrogens (tertiary/aromatic N) is 3. The Morgan fingerprint density at radius 1 is 1.13 bits per heavy atom. The molecule has 30 heavy (non-hydrogen) atoms. The highest BCUT2D eigenvalue weighted by Crippen LogP contribution is 2.33. The fourth-order valence-electron chi connectivity index (χ4n) is 3.72. The number of ether oxygens (including phenoxy) is 3. The Labute approximate surface area is 176 Å². The third-order valence-corrected chi connectivity index (χ3v) is 5.24. The summed E-state index contributed by atoms with van der Waals surface area (Å²) < 4.78 is 18.9. The average molecular weight is 409 g/mol. The van der Waals surface area contributed by atoms with Crippen LogP contribution in [0, 0.1) is 0 Å². The molecule has 4 rings (SSSR count). The minimum atomic E-state index is -0.0471. The number of aromatic nitrogens is 2. The third kappa shape index (κ3) is 4.11. The van der Waals surface area contributed by atoms with Crippen LogP contribution >= 0.6 is 0 Å². The van der Waals surface area contributed by atoms with Gasteiger partial charge in [-0.25, -0.2) is 4.98 Å². The van der Waals surface area contributed by atoms with Crippen molar-refractivity contribution in [1.29, 1.82) is 0 Å². The van der Waals surface area contributed by atoms with Crippen LogP contribution in [0.25, 0.3) is 22.4 Å². The van der Waals surface area contributed by atoms with Crippen molar-refractivity contribution in [2.45, 2.75) is 19.9 Å². The van der Waals surface area contributed by atoms with Gasteiger partial charge in [-0.3, -0.25) is 4.79 Å². The molecular formula is C23H27N3O4. The minimum Gasteiger partial charge on any atom is -0.493 e. The first-order chi connectivity index (χ1) is 14.7. The van der Waals surface area contributed by atoms with Crippen LogP contribution in [-0.2, 0) is 16.1 Å². The van der Waals surface area contributed by atoms with Gasteiger partial charge >= 0.3 is 0 Å². The number of morpholine rings is 1. The maximum atomic E-state index is 12.4. The van der Waals surface area contributed by atoms with Gasteiger partial charge in [0.2, 0.25) is 0 Å². The highest BCUT2D eigenvalue weighted by molar-refractivity contribution is 5.81. The zero-order chi connectivity index (χ0) is 20.9. The Hall–Kier alpha value is -3.06. The molecule has 0 saturated carbocycles. The summed E-state index contributed by atoms with van der Waals surface area (Å²) in [6.07, 6.45) is 1.01. The van der Waals surface area contributed by atoms with E-state index in [1.54, 1.807) is 12.0 Å². The lowest BCUT2D eigenvalue weighted by Crippen LogP contribution is -2.43. The van der Waals surface area contributed by atoms with Crippen LogP contribution in [0.3, 0.4) is 0 Å². The first-order valence-corrected chi connectivity index (χ1v) is 10.3. The molecule has 0 N–H and O–H groups in total. The number of hydrogen-bond donors (Lipinski definition) is 0. The van der Waals surface area contributed by atoms with E-state index in [1.165, 1.54) is 0 Å². The molecule has 1 saturated heterocycles. The predicted molar refractivity (Wildman–Crippen MR) is 115 cm³/mol. The molecule has 2 heterocycles. The lowest BCUT2D eigenvalue weighted by molar-refractivity contribution is -0.137. The standard InChI is InChI=1S/C23H27N3O4/c1-3-10-26-19-7-5-4-6-18(19)24-23(26)17-8-9-20(21(15-17)28-2)30-16-22(27)25-11-13-29-14-12-25/h4-9,15H,3,10-14,16H2,1-2H3. The maximum absolute atomic E-state index is 12.4. The van der Waals surface area contributed by atoms with Crippen LogP contribution in [0.2, 0.25) is 0 Å². The second-order valence-corrected chi connectivity index (χ2v) is 7.22. The fourth-order valence-corrected chi connectivity index (χ4v) is 3.72. The molecule has 158 valence electrons. The molecule has 3 aromatic rings. The van der Waals surface area contributed by atoms with Crippen molar-refractivity contribution in [3.63, 3.8) is 0 Å². The lowest BCUT2D eigenvalue weighted by atomic mass is 10.2. The third-order valence-electron chi connectivity index (χ3n) is 5.24. The molecule has 0 atom stereocenters. The van der Waals surface area contributed by atoms with Crippen molar-refractivity contribution in [2.75, 3.05) is 40.0 Å². The topological polar surface area (TPSA) is 65.8 Å². The van der Waals surface area contributed by atoms with Gasteiger partial charge in [0.1, 0.15) is 5.82 Å². The van der Waals surface area contributed by atoms with Crippen LogP contribution in [0.15, 0.2) is 42.5 Å². The highest BCUT2D eigenvalue weighted by Gasteiger charge is 2.19. The number of para-hydroxylation sites is 2. The minimum absolute atomic E-state index is 0.0238. The first kappa shape index (κ1) is 20.2. The fraction of sp³-hybridized carbons (Fsp3) is 0.391. The van der Waals surface area contributed by atoms with Crippen molar-refractivity contribution >= 4 is 16.9 Å². The normalized spacial score (nSPS) is 14.1. The summed E-state index contributed by atoms with van der Waals surface area (Å²) in [5, 5.41) is 0. The van der Waals surface area contributed by atoms with E-state index in [0.29, 0.717) is 37.8 Å². The zero-order valence-electron chi connectivity index (χ0n) is 17.5. The van der Waals surface area contributed by atoms with E-state index in [-0.39, 0.29) is 12.5 Å². The molecule has 0 aliphatic carbocycles. The van der Waals surface area contributed by atoms with E-state index in [0.717, 1.165) is 35.4 Å². The second kappa shape index (κ2) is 9.17. The molecule has 7 nitrogen and oxygen atoms in total. The monoisotopic (exact) mass is 409 g/mol. The van der Waals surface area contributed by atoms with Gasteiger partial charge in [-0.2, -0.15) is 0 Å². The van der Waals surface area contributed by atoms with Gasteiger partial charge in [-0.05, 0) is 36.8 Å². The van der Waals surface area contributed by atoms with E-state index in [2.05, 4.69) is 17.6 Å². The van der Waals surface area contributed by atoms with E-state index >= 15 is 0 Å². The van der Waals surface area contributed by atoms with Crippen LogP contribution in [0.5, 0.6) is 11.5 Å². The molecule has 1 aliphatic rings. The Kier molecular flexibility index (Phi) is 6.18. The van der Waals surface area contributed by atoms with Crippen LogP contribution in [-0.4, -0.2) is 60.4 Å². The zero-order valence-corrected chi connectivity index (χ0v) is 17.5. The molecule has 1 amide bonds. The van der Waals surface area contributed by atoms with Crippen molar-refractivity contribution < 1.29 is 19.0 Å². The number of aryl methyl sites for hydroxylation is 1. The first-order valence-electron chi connectivity index (χ1n) is 10.3. The van der Waals surface area contributed by atoms with Crippen LogP contribution in [0.4, 0.5) is 0 Å². The van der Waals surface area contributed by atoms with Crippen molar-refractivity contribution in [1.82, 2.24) is 14.5 Å². The number of imidazole rings is 1. The molecular weight excluding hydrogens is 382 g/mol. The largest absolute Gasteiger partial charge is 0.493 e. The van der Waals surface area contributed by atoms with Crippen molar-refractivity contribution in [3.8, 4) is 22.9 Å². The summed E-state index contributed by atoms with van der Waals surface area (Å²) in [5.41, 5.74) is 3.03. The summed E-state index contributed by atoms with van der Waals surface area (Å²) in [5.74, 6) is 1.97. The quantitative estimate of drug-likeness (QED) is 0.599. The molecule has 7 heteroatoms. The lowest BCUT2D eigenvalue weighted by Gasteiger charge is -2.26. The Morgan fingerprint density at radius 3 is 2.70 bits per heavy atom. The molecule has 0 radical (unpaired) electrons. The number of fused-ring (bicyclic) bond motifs is 1. The summed E-state index contributed by atoms with van der Waals surface area (Å²) in [6, 6.07) is 13.9. The van der Waals surface area contributed by atoms with Crippen LogP contribution in [0.1, 0.15) is 13.3 Å². The number of rotatable bonds is 7. The Morgan fingerprint density at radius 2 is 1.93 bits per heavy atom. The summed E-state index contributed by atoms with van der Waals surface area (Å²) in [7, 11) is 1.60. The van der Waals surface area contributed by atoms with Gasteiger partial charge < -0.3 is 23.7 Å². The van der Waals surface area contributed by atoms with Gasteiger partial charge in [0.15, 0.2) is 18.1 Å². The second-order valence-electron chi connectivity index (χ2n) is 7.22. The molecule has 1 aromatic heterocycles. The van der Waals surface area contributed by atoms with Gasteiger partial charge in [-0.15, -0.1) is 0 Å².